The van der Waals surface area contributed by atoms with E-state index in [0.29, 0.717) is 68.2 Å². The topological polar surface area (TPSA) is 106 Å². The fourth-order valence-corrected chi connectivity index (χ4v) is 5.87. The number of hydrogen-bond donors (Lipinski definition) is 4. The van der Waals surface area contributed by atoms with Gasteiger partial charge in [-0.25, -0.2) is 13.8 Å². The summed E-state index contributed by atoms with van der Waals surface area (Å²) < 4.78 is 30.5. The van der Waals surface area contributed by atoms with Crippen molar-refractivity contribution in [3.05, 3.63) is 69.5 Å². The van der Waals surface area contributed by atoms with Crippen LogP contribution in [0.3, 0.4) is 0 Å². The van der Waals surface area contributed by atoms with Crippen molar-refractivity contribution in [2.45, 2.75) is 58.0 Å². The molecule has 2 atom stereocenters. The fraction of sp³-hybridized carbons (Fsp3) is 0.464. The van der Waals surface area contributed by atoms with Crippen molar-refractivity contribution in [3.63, 3.8) is 0 Å². The average Bonchev–Trinajstić information content (AvgIpc) is 3.28. The van der Waals surface area contributed by atoms with E-state index < -0.39 is 23.0 Å². The predicted molar refractivity (Wildman–Crippen MR) is 145 cm³/mol. The van der Waals surface area contributed by atoms with Gasteiger partial charge in [0.15, 0.2) is 5.82 Å². The van der Waals surface area contributed by atoms with E-state index in [1.165, 1.54) is 6.07 Å². The van der Waals surface area contributed by atoms with Crippen molar-refractivity contribution in [2.24, 2.45) is 5.41 Å². The quantitative estimate of drug-likeness (QED) is 0.287. The summed E-state index contributed by atoms with van der Waals surface area (Å²) in [6.07, 6.45) is 1.23. The highest BCUT2D eigenvalue weighted by Crippen LogP contribution is 2.41. The van der Waals surface area contributed by atoms with Crippen LogP contribution in [0.25, 0.3) is 0 Å². The van der Waals surface area contributed by atoms with Crippen LogP contribution in [0.4, 0.5) is 20.4 Å². The highest BCUT2D eigenvalue weighted by atomic mass is 35.5. The normalized spacial score (nSPS) is 22.0. The molecule has 2 aliphatic rings. The number of aliphatic carboxylic acids is 1. The van der Waals surface area contributed by atoms with Gasteiger partial charge in [0.2, 0.25) is 0 Å². The number of carboxylic acid groups (broad SMARTS) is 1. The average molecular weight is 559 g/mol. The first-order valence-electron chi connectivity index (χ1n) is 13.3. The molecule has 2 fully saturated rings. The number of nitrogens with zero attached hydrogens (tertiary/aromatic N) is 3. The first-order valence-corrected chi connectivity index (χ1v) is 13.7. The number of carboxylic acids is 1. The highest BCUT2D eigenvalue weighted by Gasteiger charge is 2.46. The summed E-state index contributed by atoms with van der Waals surface area (Å²) in [7, 11) is 0. The zero-order chi connectivity index (χ0) is 27.7. The molecule has 39 heavy (non-hydrogen) atoms. The number of hydrogen-bond acceptors (Lipinski definition) is 6. The molecule has 0 saturated carbocycles. The van der Waals surface area contributed by atoms with Crippen LogP contribution in [0, 0.1) is 24.0 Å². The van der Waals surface area contributed by atoms with E-state index in [4.69, 9.17) is 11.6 Å². The maximum atomic E-state index is 15.9. The van der Waals surface area contributed by atoms with Crippen LogP contribution in [0.5, 0.6) is 0 Å². The summed E-state index contributed by atoms with van der Waals surface area (Å²) in [5.41, 5.74) is 0.801. The standard InChI is InChI=1S/C28H33ClF2N6O2/c1-3-19-11-28(27(38)39,7-8-37(19)15-17-5-4-6-21(29)25(17)30)12-22-26(31)20(18-13-32-14-18)10-23(33-22)34-24-9-16(2)35-36-24/h4-6,9-10,18-19,32H,3,7-8,11-15H2,1-2H3,(H,38,39)(H2,33,34,35,36)/t19-,28-/m1/s1. The Balaban J connectivity index is 1.43. The van der Waals surface area contributed by atoms with Crippen LogP contribution < -0.4 is 10.6 Å². The third kappa shape index (κ3) is 5.64. The van der Waals surface area contributed by atoms with Gasteiger partial charge in [-0.3, -0.25) is 14.8 Å². The lowest BCUT2D eigenvalue weighted by molar-refractivity contribution is -0.154. The second kappa shape index (κ2) is 11.2. The SMILES string of the molecule is CC[C@@H]1C[C@](Cc2nc(Nc3cc(C)[nH]n3)cc(C3CNC3)c2F)(C(=O)O)CCN1Cc1cccc(Cl)c1F. The second-order valence-electron chi connectivity index (χ2n) is 10.7. The van der Waals surface area contributed by atoms with E-state index in [9.17, 15) is 14.3 Å². The molecule has 0 bridgehead atoms. The van der Waals surface area contributed by atoms with Crippen molar-refractivity contribution in [3.8, 4) is 0 Å². The smallest absolute Gasteiger partial charge is 0.310 e. The van der Waals surface area contributed by atoms with Crippen molar-refractivity contribution >= 4 is 29.2 Å². The molecule has 208 valence electrons. The number of nitrogens with one attached hydrogen (secondary N) is 3. The third-order valence-electron chi connectivity index (χ3n) is 8.09. The van der Waals surface area contributed by atoms with Crippen molar-refractivity contribution in [1.29, 1.82) is 0 Å². The van der Waals surface area contributed by atoms with E-state index >= 15 is 4.39 Å². The lowest BCUT2D eigenvalue weighted by atomic mass is 9.71. The molecule has 1 aromatic carbocycles. The van der Waals surface area contributed by atoms with Crippen molar-refractivity contribution in [1.82, 2.24) is 25.4 Å². The molecule has 2 aliphatic heterocycles. The Labute approximate surface area is 231 Å². The van der Waals surface area contributed by atoms with Gasteiger partial charge in [-0.15, -0.1) is 0 Å². The summed E-state index contributed by atoms with van der Waals surface area (Å²) in [6, 6.07) is 8.30. The first kappa shape index (κ1) is 27.5. The predicted octanol–water partition coefficient (Wildman–Crippen LogP) is 5.16. The summed E-state index contributed by atoms with van der Waals surface area (Å²) in [4.78, 5) is 19.5. The van der Waals surface area contributed by atoms with E-state index in [1.807, 2.05) is 19.9 Å². The number of aromatic nitrogens is 3. The van der Waals surface area contributed by atoms with Crippen LogP contribution in [0.15, 0.2) is 30.3 Å². The Bertz CT molecular complexity index is 1360. The van der Waals surface area contributed by atoms with E-state index in [1.54, 1.807) is 18.2 Å². The van der Waals surface area contributed by atoms with Gasteiger partial charge in [-0.2, -0.15) is 5.10 Å². The molecule has 2 saturated heterocycles. The molecule has 4 heterocycles. The molecule has 2 aromatic heterocycles. The number of piperidine rings is 1. The molecule has 8 nitrogen and oxygen atoms in total. The maximum absolute atomic E-state index is 15.9. The number of anilines is 2. The zero-order valence-corrected chi connectivity index (χ0v) is 22.8. The van der Waals surface area contributed by atoms with Gasteiger partial charge < -0.3 is 15.7 Å². The van der Waals surface area contributed by atoms with Crippen LogP contribution >= 0.6 is 11.6 Å². The Morgan fingerprint density at radius 3 is 2.69 bits per heavy atom. The lowest BCUT2D eigenvalue weighted by Crippen LogP contribution is -2.50. The van der Waals surface area contributed by atoms with Gasteiger partial charge in [0.1, 0.15) is 17.5 Å². The minimum Gasteiger partial charge on any atom is -0.481 e. The summed E-state index contributed by atoms with van der Waals surface area (Å²) >= 11 is 5.98. The van der Waals surface area contributed by atoms with Gasteiger partial charge in [0.25, 0.3) is 0 Å². The molecule has 11 heteroatoms. The van der Waals surface area contributed by atoms with E-state index in [2.05, 4.69) is 30.7 Å². The number of H-pyrrole nitrogens is 1. The van der Waals surface area contributed by atoms with Gasteiger partial charge in [-0.05, 0) is 50.4 Å². The van der Waals surface area contributed by atoms with E-state index in [0.717, 1.165) is 5.69 Å². The van der Waals surface area contributed by atoms with Gasteiger partial charge in [0.05, 0.1) is 16.1 Å². The zero-order valence-electron chi connectivity index (χ0n) is 22.0. The fourth-order valence-electron chi connectivity index (χ4n) is 5.68. The monoisotopic (exact) mass is 558 g/mol. The Hall–Kier alpha value is -3.08. The lowest BCUT2D eigenvalue weighted by Gasteiger charge is -2.44. The molecular formula is C28H33ClF2N6O2. The summed E-state index contributed by atoms with van der Waals surface area (Å²) in [5, 5.41) is 23.9. The second-order valence-corrected chi connectivity index (χ2v) is 11.1. The number of likely N-dealkylation sites (tertiary alicyclic amines) is 1. The van der Waals surface area contributed by atoms with Crippen LogP contribution in [-0.4, -0.2) is 56.8 Å². The minimum atomic E-state index is -1.20. The number of aromatic amines is 1. The van der Waals surface area contributed by atoms with Crippen molar-refractivity contribution < 1.29 is 18.7 Å². The van der Waals surface area contributed by atoms with Crippen molar-refractivity contribution in [2.75, 3.05) is 25.0 Å². The molecule has 3 aromatic rings. The highest BCUT2D eigenvalue weighted by molar-refractivity contribution is 6.30. The maximum Gasteiger partial charge on any atom is 0.310 e. The van der Waals surface area contributed by atoms with Gasteiger partial charge in [-0.1, -0.05) is 30.7 Å². The molecule has 0 radical (unpaired) electrons. The molecule has 0 amide bonds. The minimum absolute atomic E-state index is 0.00757. The number of aryl methyl sites for hydroxylation is 1. The van der Waals surface area contributed by atoms with E-state index in [-0.39, 0.29) is 29.1 Å². The van der Waals surface area contributed by atoms with Gasteiger partial charge >= 0.3 is 5.97 Å². The van der Waals surface area contributed by atoms with Crippen LogP contribution in [-0.2, 0) is 17.8 Å². The number of rotatable bonds is 9. The number of halogens is 3. The largest absolute Gasteiger partial charge is 0.481 e. The molecule has 5 rings (SSSR count). The molecule has 4 N–H and O–H groups in total. The number of carbonyl (C=O) groups is 1. The summed E-state index contributed by atoms with van der Waals surface area (Å²) in [6.45, 7) is 5.93. The molecular weight excluding hydrogens is 526 g/mol. The molecule has 0 aliphatic carbocycles. The van der Waals surface area contributed by atoms with Gasteiger partial charge in [0, 0.05) is 55.3 Å². The third-order valence-corrected chi connectivity index (χ3v) is 8.39. The van der Waals surface area contributed by atoms with Crippen LogP contribution in [0.1, 0.15) is 54.6 Å². The number of benzene rings is 1. The number of pyridine rings is 1. The first-order chi connectivity index (χ1) is 18.7. The Kier molecular flexibility index (Phi) is 7.89. The Morgan fingerprint density at radius 1 is 1.26 bits per heavy atom. The summed E-state index contributed by atoms with van der Waals surface area (Å²) in [5.74, 6) is -0.889. The molecule has 0 spiro atoms. The Morgan fingerprint density at radius 2 is 2.05 bits per heavy atom. The molecule has 0 unspecified atom stereocenters. The van der Waals surface area contributed by atoms with Crippen LogP contribution in [0.2, 0.25) is 5.02 Å².